The van der Waals surface area contributed by atoms with Crippen molar-refractivity contribution in [3.05, 3.63) is 34.1 Å². The van der Waals surface area contributed by atoms with E-state index >= 15 is 0 Å². The average molecular weight is 331 g/mol. The van der Waals surface area contributed by atoms with E-state index in [1.807, 2.05) is 7.05 Å². The topological polar surface area (TPSA) is 29.3 Å². The third-order valence-corrected chi connectivity index (χ3v) is 4.62. The number of rotatable bonds is 4. The van der Waals surface area contributed by atoms with E-state index in [0.29, 0.717) is 12.6 Å². The number of nitrogens with two attached hydrogens (primary N) is 1. The number of benzene rings is 1. The van der Waals surface area contributed by atoms with E-state index in [2.05, 4.69) is 48.5 Å². The van der Waals surface area contributed by atoms with Crippen LogP contribution in [0.1, 0.15) is 39.3 Å². The molecule has 0 fully saturated rings. The molecule has 0 aliphatic heterocycles. The molecule has 108 valence electrons. The van der Waals surface area contributed by atoms with Crippen molar-refractivity contribution in [3.8, 4) is 0 Å². The largest absolute Gasteiger partial charge is 0.329 e. The van der Waals surface area contributed by atoms with E-state index < -0.39 is 0 Å². The van der Waals surface area contributed by atoms with Crippen molar-refractivity contribution in [2.24, 2.45) is 11.1 Å². The second-order valence-electron chi connectivity index (χ2n) is 6.12. The molecule has 2 nitrogen and oxygen atoms in total. The molecule has 0 bridgehead atoms. The first-order valence-electron chi connectivity index (χ1n) is 6.55. The molecule has 2 N–H and O–H groups in total. The molecule has 0 spiro atoms. The summed E-state index contributed by atoms with van der Waals surface area (Å²) < 4.78 is 14.4. The summed E-state index contributed by atoms with van der Waals surface area (Å²) in [5.41, 5.74) is 6.97. The van der Waals surface area contributed by atoms with Gasteiger partial charge in [-0.2, -0.15) is 0 Å². The Hall–Kier alpha value is -0.450. The fourth-order valence-electron chi connectivity index (χ4n) is 2.16. The van der Waals surface area contributed by atoms with Crippen LogP contribution in [0.4, 0.5) is 4.39 Å². The van der Waals surface area contributed by atoms with Crippen molar-refractivity contribution in [1.29, 1.82) is 0 Å². The molecule has 1 aromatic rings. The highest BCUT2D eigenvalue weighted by Crippen LogP contribution is 2.32. The molecule has 0 amide bonds. The SMILES string of the molecule is CC(N(C)C(CN)c1cc(F)ccc1Br)C(C)(C)C. The molecule has 1 aromatic carbocycles. The molecule has 2 atom stereocenters. The minimum absolute atomic E-state index is 0.000648. The van der Waals surface area contributed by atoms with Gasteiger partial charge in [0.25, 0.3) is 0 Å². The van der Waals surface area contributed by atoms with Crippen molar-refractivity contribution in [2.45, 2.75) is 39.8 Å². The Kier molecular flexibility index (Phi) is 5.53. The minimum Gasteiger partial charge on any atom is -0.329 e. The van der Waals surface area contributed by atoms with E-state index in [1.54, 1.807) is 12.1 Å². The summed E-state index contributed by atoms with van der Waals surface area (Å²) in [5.74, 6) is -0.228. The van der Waals surface area contributed by atoms with Crippen molar-refractivity contribution in [3.63, 3.8) is 0 Å². The van der Waals surface area contributed by atoms with E-state index in [9.17, 15) is 4.39 Å². The number of hydrogen-bond donors (Lipinski definition) is 1. The van der Waals surface area contributed by atoms with Crippen molar-refractivity contribution in [1.82, 2.24) is 4.90 Å². The smallest absolute Gasteiger partial charge is 0.123 e. The van der Waals surface area contributed by atoms with E-state index in [0.717, 1.165) is 10.0 Å². The zero-order valence-electron chi connectivity index (χ0n) is 12.4. The Bertz CT molecular complexity index is 429. The standard InChI is InChI=1S/C15H24BrFN2/c1-10(15(2,3)4)19(5)14(9-18)12-8-11(17)6-7-13(12)16/h6-8,10,14H,9,18H2,1-5H3. The summed E-state index contributed by atoms with van der Waals surface area (Å²) in [6, 6.07) is 5.08. The molecule has 0 radical (unpaired) electrons. The summed E-state index contributed by atoms with van der Waals surface area (Å²) in [6.45, 7) is 9.22. The van der Waals surface area contributed by atoms with Gasteiger partial charge in [-0.15, -0.1) is 0 Å². The first kappa shape index (κ1) is 16.6. The summed E-state index contributed by atoms with van der Waals surface area (Å²) in [5, 5.41) is 0. The highest BCUT2D eigenvalue weighted by atomic mass is 79.9. The minimum atomic E-state index is -0.228. The van der Waals surface area contributed by atoms with Crippen LogP contribution in [0.15, 0.2) is 22.7 Å². The maximum Gasteiger partial charge on any atom is 0.123 e. The van der Waals surface area contributed by atoms with E-state index in [1.165, 1.54) is 6.07 Å². The normalized spacial score (nSPS) is 15.6. The van der Waals surface area contributed by atoms with Gasteiger partial charge in [-0.3, -0.25) is 4.90 Å². The van der Waals surface area contributed by atoms with E-state index in [4.69, 9.17) is 5.73 Å². The van der Waals surface area contributed by atoms with Gasteiger partial charge < -0.3 is 5.73 Å². The Balaban J connectivity index is 3.10. The Morgan fingerprint density at radius 3 is 2.42 bits per heavy atom. The van der Waals surface area contributed by atoms with Crippen molar-refractivity contribution in [2.75, 3.05) is 13.6 Å². The Morgan fingerprint density at radius 2 is 1.95 bits per heavy atom. The lowest BCUT2D eigenvalue weighted by Gasteiger charge is -2.40. The Morgan fingerprint density at radius 1 is 1.37 bits per heavy atom. The maximum atomic E-state index is 13.5. The number of nitrogens with zero attached hydrogens (tertiary/aromatic N) is 1. The van der Waals surface area contributed by atoms with Crippen LogP contribution in [0.2, 0.25) is 0 Å². The molecule has 0 saturated carbocycles. The van der Waals surface area contributed by atoms with Gasteiger partial charge in [0.1, 0.15) is 5.82 Å². The molecule has 2 unspecified atom stereocenters. The number of likely N-dealkylation sites (N-methyl/N-ethyl adjacent to an activating group) is 1. The zero-order valence-corrected chi connectivity index (χ0v) is 14.0. The number of hydrogen-bond acceptors (Lipinski definition) is 2. The van der Waals surface area contributed by atoms with Gasteiger partial charge >= 0.3 is 0 Å². The summed E-state index contributed by atoms with van der Waals surface area (Å²) in [6.07, 6.45) is 0. The maximum absolute atomic E-state index is 13.5. The first-order valence-corrected chi connectivity index (χ1v) is 7.34. The molecule has 0 aliphatic rings. The third kappa shape index (κ3) is 4.01. The van der Waals surface area contributed by atoms with Crippen molar-refractivity contribution >= 4 is 15.9 Å². The summed E-state index contributed by atoms with van der Waals surface area (Å²) in [7, 11) is 2.05. The molecule has 4 heteroatoms. The summed E-state index contributed by atoms with van der Waals surface area (Å²) in [4.78, 5) is 2.22. The van der Waals surface area contributed by atoms with E-state index in [-0.39, 0.29) is 17.3 Å². The van der Waals surface area contributed by atoms with Gasteiger partial charge in [0.05, 0.1) is 0 Å². The molecular weight excluding hydrogens is 307 g/mol. The molecule has 0 aromatic heterocycles. The highest BCUT2D eigenvalue weighted by Gasteiger charge is 2.29. The van der Waals surface area contributed by atoms with Crippen LogP contribution in [0.5, 0.6) is 0 Å². The van der Waals surface area contributed by atoms with Crippen LogP contribution in [-0.2, 0) is 0 Å². The molecule has 0 saturated heterocycles. The highest BCUT2D eigenvalue weighted by molar-refractivity contribution is 9.10. The fraction of sp³-hybridized carbons (Fsp3) is 0.600. The monoisotopic (exact) mass is 330 g/mol. The Labute approximate surface area is 124 Å². The lowest BCUT2D eigenvalue weighted by Crippen LogP contribution is -2.43. The second kappa shape index (κ2) is 6.33. The van der Waals surface area contributed by atoms with Crippen LogP contribution < -0.4 is 5.73 Å². The van der Waals surface area contributed by atoms with Gasteiger partial charge in [-0.25, -0.2) is 4.39 Å². The van der Waals surface area contributed by atoms with Gasteiger partial charge in [0, 0.05) is 23.1 Å². The summed E-state index contributed by atoms with van der Waals surface area (Å²) >= 11 is 3.49. The molecule has 19 heavy (non-hydrogen) atoms. The molecular formula is C15H24BrFN2. The van der Waals surface area contributed by atoms with Crippen LogP contribution >= 0.6 is 15.9 Å². The lowest BCUT2D eigenvalue weighted by molar-refractivity contribution is 0.0997. The fourth-order valence-corrected chi connectivity index (χ4v) is 2.67. The predicted octanol–water partition coefficient (Wildman–Crippen LogP) is 3.95. The number of halogens is 2. The molecule has 0 heterocycles. The third-order valence-electron chi connectivity index (χ3n) is 3.90. The van der Waals surface area contributed by atoms with Crippen LogP contribution in [0.3, 0.4) is 0 Å². The zero-order chi connectivity index (χ0) is 14.8. The first-order chi connectivity index (χ1) is 8.68. The molecule has 1 rings (SSSR count). The van der Waals surface area contributed by atoms with Crippen LogP contribution in [-0.4, -0.2) is 24.5 Å². The average Bonchev–Trinajstić information content (AvgIpc) is 2.32. The van der Waals surface area contributed by atoms with Crippen molar-refractivity contribution < 1.29 is 4.39 Å². The van der Waals surface area contributed by atoms with Gasteiger partial charge in [0.15, 0.2) is 0 Å². The van der Waals surface area contributed by atoms with Crippen LogP contribution in [0.25, 0.3) is 0 Å². The lowest BCUT2D eigenvalue weighted by atomic mass is 9.86. The predicted molar refractivity (Wildman–Crippen MR) is 82.6 cm³/mol. The van der Waals surface area contributed by atoms with Gasteiger partial charge in [-0.05, 0) is 43.1 Å². The quantitative estimate of drug-likeness (QED) is 0.905. The van der Waals surface area contributed by atoms with Crippen LogP contribution in [0, 0.1) is 11.2 Å². The second-order valence-corrected chi connectivity index (χ2v) is 6.98. The van der Waals surface area contributed by atoms with Gasteiger partial charge in [-0.1, -0.05) is 36.7 Å². The van der Waals surface area contributed by atoms with Gasteiger partial charge in [0.2, 0.25) is 0 Å². The molecule has 0 aliphatic carbocycles.